The summed E-state index contributed by atoms with van der Waals surface area (Å²) in [4.78, 5) is 8.42. The van der Waals surface area contributed by atoms with Crippen LogP contribution < -0.4 is 0 Å². The van der Waals surface area contributed by atoms with Gasteiger partial charge in [-0.25, -0.2) is 9.97 Å². The zero-order chi connectivity index (χ0) is 13.2. The highest BCUT2D eigenvalue weighted by molar-refractivity contribution is 8.77. The first kappa shape index (κ1) is 16.0. The van der Waals surface area contributed by atoms with Crippen LogP contribution in [0.3, 0.4) is 0 Å². The molecule has 2 rings (SSSR count). The van der Waals surface area contributed by atoms with Crippen molar-refractivity contribution in [3.05, 3.63) is 23.2 Å². The van der Waals surface area contributed by atoms with Gasteiger partial charge in [-0.15, -0.1) is 22.7 Å². The predicted molar refractivity (Wildman–Crippen MR) is 91.7 cm³/mol. The molecule has 0 saturated heterocycles. The summed E-state index contributed by atoms with van der Waals surface area (Å²) in [5, 5.41) is 3.99. The molecule has 2 aromatic heterocycles. The quantitative estimate of drug-likeness (QED) is 0.440. The van der Waals surface area contributed by atoms with Crippen molar-refractivity contribution in [2.45, 2.75) is 8.68 Å². The third kappa shape index (κ3) is 7.26. The molecule has 9 heteroatoms. The van der Waals surface area contributed by atoms with Gasteiger partial charge in [0.25, 0.3) is 0 Å². The third-order valence-electron chi connectivity index (χ3n) is 1.70. The fourth-order valence-electron chi connectivity index (χ4n) is 0.975. The van der Waals surface area contributed by atoms with Gasteiger partial charge in [-0.1, -0.05) is 21.6 Å². The Morgan fingerprint density at radius 2 is 1.42 bits per heavy atom. The number of rotatable bonds is 10. The maximum absolute atomic E-state index is 5.57. The number of hydrogen-bond donors (Lipinski definition) is 0. The predicted octanol–water partition coefficient (Wildman–Crippen LogP) is 4.80. The van der Waals surface area contributed by atoms with Crippen LogP contribution in [0.15, 0.2) is 31.8 Å². The molecule has 2 heterocycles. The average molecular weight is 369 g/mol. The second-order valence-electron chi connectivity index (χ2n) is 3.02. The minimum Gasteiger partial charge on any atom is -0.380 e. The van der Waals surface area contributed by atoms with E-state index in [1.165, 1.54) is 0 Å². The van der Waals surface area contributed by atoms with Crippen LogP contribution in [0.2, 0.25) is 0 Å². The van der Waals surface area contributed by atoms with E-state index in [0.717, 1.165) is 33.4 Å². The number of thiazole rings is 2. The molecule has 19 heavy (non-hydrogen) atoms. The van der Waals surface area contributed by atoms with Crippen LogP contribution in [0.5, 0.6) is 0 Å². The highest BCUT2D eigenvalue weighted by Crippen LogP contribution is 2.33. The fourth-order valence-corrected chi connectivity index (χ4v) is 6.63. The first-order valence-corrected chi connectivity index (χ1v) is 11.8. The number of ether oxygens (including phenoxy) is 1. The lowest BCUT2D eigenvalue weighted by atomic mass is 10.8. The molecule has 0 saturated carbocycles. The van der Waals surface area contributed by atoms with Crippen molar-refractivity contribution in [3.8, 4) is 0 Å². The first-order valence-electron chi connectivity index (χ1n) is 5.41. The van der Waals surface area contributed by atoms with E-state index in [-0.39, 0.29) is 0 Å². The Labute approximate surface area is 136 Å². The molecule has 2 aromatic rings. The summed E-state index contributed by atoms with van der Waals surface area (Å²) in [5.74, 6) is 1.99. The van der Waals surface area contributed by atoms with Gasteiger partial charge in [0.15, 0.2) is 8.68 Å². The van der Waals surface area contributed by atoms with Gasteiger partial charge in [0, 0.05) is 34.7 Å². The summed E-state index contributed by atoms with van der Waals surface area (Å²) in [5.41, 5.74) is 0. The van der Waals surface area contributed by atoms with E-state index in [9.17, 15) is 0 Å². The Hall–Kier alpha value is 0.620. The second-order valence-corrected chi connectivity index (χ2v) is 10.1. The zero-order valence-corrected chi connectivity index (χ0v) is 14.8. The van der Waals surface area contributed by atoms with E-state index in [0.29, 0.717) is 0 Å². The van der Waals surface area contributed by atoms with Crippen molar-refractivity contribution in [2.24, 2.45) is 0 Å². The molecule has 0 aliphatic rings. The highest BCUT2D eigenvalue weighted by atomic mass is 33.1. The standard InChI is InChI=1S/C10H12N2OS6/c1-5-14-9(11-1)18-16-7-3-13-4-8-17-19-10-12-2-6-15-10/h1-2,5-6H,3-4,7-8H2. The minimum atomic E-state index is 0.797. The Balaban J connectivity index is 1.36. The Bertz CT molecular complexity index is 381. The van der Waals surface area contributed by atoms with Gasteiger partial charge >= 0.3 is 0 Å². The van der Waals surface area contributed by atoms with Crippen LogP contribution in [0.4, 0.5) is 0 Å². The summed E-state index contributed by atoms with van der Waals surface area (Å²) in [7, 11) is 7.03. The molecule has 0 aromatic carbocycles. The van der Waals surface area contributed by atoms with Gasteiger partial charge in [-0.05, 0) is 21.6 Å². The average Bonchev–Trinajstić information content (AvgIpc) is 3.10. The Morgan fingerprint density at radius 1 is 0.895 bits per heavy atom. The van der Waals surface area contributed by atoms with Crippen LogP contribution >= 0.6 is 65.8 Å². The van der Waals surface area contributed by atoms with Crippen molar-refractivity contribution >= 4 is 65.8 Å². The van der Waals surface area contributed by atoms with Crippen molar-refractivity contribution in [1.29, 1.82) is 0 Å². The largest absolute Gasteiger partial charge is 0.380 e. The highest BCUT2D eigenvalue weighted by Gasteiger charge is 1.98. The lowest BCUT2D eigenvalue weighted by Crippen LogP contribution is -2.00. The normalized spacial score (nSPS) is 10.9. The van der Waals surface area contributed by atoms with Crippen LogP contribution in [-0.2, 0) is 4.74 Å². The maximum Gasteiger partial charge on any atom is 0.160 e. The summed E-state index contributed by atoms with van der Waals surface area (Å²) >= 11 is 3.35. The Morgan fingerprint density at radius 3 is 1.84 bits per heavy atom. The van der Waals surface area contributed by atoms with Gasteiger partial charge < -0.3 is 4.74 Å². The lowest BCUT2D eigenvalue weighted by Gasteiger charge is -2.02. The molecule has 0 spiro atoms. The molecule has 0 bridgehead atoms. The molecular weight excluding hydrogens is 357 g/mol. The summed E-state index contributed by atoms with van der Waals surface area (Å²) in [6, 6.07) is 0. The van der Waals surface area contributed by atoms with Crippen molar-refractivity contribution in [3.63, 3.8) is 0 Å². The van der Waals surface area contributed by atoms with E-state index < -0.39 is 0 Å². The third-order valence-corrected chi connectivity index (χ3v) is 8.59. The molecule has 0 amide bonds. The zero-order valence-electron chi connectivity index (χ0n) is 9.89. The molecule has 104 valence electrons. The van der Waals surface area contributed by atoms with E-state index in [4.69, 9.17) is 4.74 Å². The first-order chi connectivity index (χ1) is 9.45. The van der Waals surface area contributed by atoms with Crippen molar-refractivity contribution in [1.82, 2.24) is 9.97 Å². The van der Waals surface area contributed by atoms with E-state index in [2.05, 4.69) is 9.97 Å². The molecule has 0 fully saturated rings. The van der Waals surface area contributed by atoms with Crippen LogP contribution in [0.1, 0.15) is 0 Å². The van der Waals surface area contributed by atoms with Gasteiger partial charge in [0.05, 0.1) is 13.2 Å². The summed E-state index contributed by atoms with van der Waals surface area (Å²) in [6.07, 6.45) is 3.67. The fraction of sp³-hybridized carbons (Fsp3) is 0.400. The molecule has 0 aliphatic heterocycles. The molecular formula is C10H12N2OS6. The Kier molecular flexibility index (Phi) is 8.72. The molecule has 0 unspecified atom stereocenters. The number of nitrogens with zero attached hydrogens (tertiary/aromatic N) is 2. The summed E-state index contributed by atoms with van der Waals surface area (Å²) in [6.45, 7) is 1.59. The lowest BCUT2D eigenvalue weighted by molar-refractivity contribution is 0.167. The molecule has 0 radical (unpaired) electrons. The summed E-state index contributed by atoms with van der Waals surface area (Å²) < 4.78 is 7.79. The van der Waals surface area contributed by atoms with Gasteiger partial charge in [-0.3, -0.25) is 0 Å². The SMILES string of the molecule is c1csc(SSCCOCCSSc2nccs2)n1. The van der Waals surface area contributed by atoms with Crippen molar-refractivity contribution < 1.29 is 4.74 Å². The maximum atomic E-state index is 5.57. The van der Waals surface area contributed by atoms with E-state index in [1.54, 1.807) is 65.8 Å². The van der Waals surface area contributed by atoms with Gasteiger partial charge in [0.1, 0.15) is 0 Å². The molecule has 0 atom stereocenters. The molecule has 0 aliphatic carbocycles. The number of aromatic nitrogens is 2. The smallest absolute Gasteiger partial charge is 0.160 e. The van der Waals surface area contributed by atoms with Crippen LogP contribution in [0.25, 0.3) is 0 Å². The number of hydrogen-bond acceptors (Lipinski definition) is 9. The van der Waals surface area contributed by atoms with Gasteiger partial charge in [0.2, 0.25) is 0 Å². The monoisotopic (exact) mass is 368 g/mol. The van der Waals surface area contributed by atoms with Crippen LogP contribution in [0, 0.1) is 0 Å². The molecule has 3 nitrogen and oxygen atoms in total. The van der Waals surface area contributed by atoms with E-state index >= 15 is 0 Å². The van der Waals surface area contributed by atoms with E-state index in [1.807, 2.05) is 23.2 Å². The van der Waals surface area contributed by atoms with Crippen molar-refractivity contribution in [2.75, 3.05) is 24.7 Å². The topological polar surface area (TPSA) is 35.0 Å². The second kappa shape index (κ2) is 10.4. The molecule has 0 N–H and O–H groups in total. The van der Waals surface area contributed by atoms with Gasteiger partial charge in [-0.2, -0.15) is 0 Å². The minimum absolute atomic E-state index is 0.797. The van der Waals surface area contributed by atoms with Crippen LogP contribution in [-0.4, -0.2) is 34.7 Å².